The Morgan fingerprint density at radius 3 is 2.88 bits per heavy atom. The van der Waals surface area contributed by atoms with Gasteiger partial charge in [-0.1, -0.05) is 6.07 Å². The molecule has 204 valence electrons. The number of halogens is 1. The van der Waals surface area contributed by atoms with E-state index in [0.717, 1.165) is 58.4 Å². The van der Waals surface area contributed by atoms with Crippen LogP contribution in [0.3, 0.4) is 0 Å². The lowest BCUT2D eigenvalue weighted by Crippen LogP contribution is -2.68. The molecule has 9 rings (SSSR count). The molecule has 40 heavy (non-hydrogen) atoms. The van der Waals surface area contributed by atoms with Crippen LogP contribution in [0.25, 0.3) is 27.5 Å². The van der Waals surface area contributed by atoms with Gasteiger partial charge >= 0.3 is 6.09 Å². The minimum atomic E-state index is -1.22. The van der Waals surface area contributed by atoms with E-state index in [-0.39, 0.29) is 17.9 Å². The van der Waals surface area contributed by atoms with Gasteiger partial charge in [0, 0.05) is 53.6 Å². The Hall–Kier alpha value is -4.48. The highest BCUT2D eigenvalue weighted by atomic mass is 19.1. The van der Waals surface area contributed by atoms with Crippen molar-refractivity contribution in [1.82, 2.24) is 39.9 Å². The number of rotatable bonds is 6. The van der Waals surface area contributed by atoms with E-state index >= 15 is 0 Å². The number of carbonyl (C=O) groups excluding carboxylic acids is 1. The van der Waals surface area contributed by atoms with Crippen LogP contribution in [0.15, 0.2) is 49.1 Å². The molecule has 11 nitrogen and oxygen atoms in total. The third-order valence-electron chi connectivity index (χ3n) is 8.87. The molecule has 4 aliphatic carbocycles. The topological polar surface area (TPSA) is 127 Å². The molecule has 5 aromatic rings. The summed E-state index contributed by atoms with van der Waals surface area (Å²) >= 11 is 0. The maximum Gasteiger partial charge on any atom is 0.407 e. The standard InChI is InChI=1S/C28H28FN9O2/c1-37-22-3-2-16(6-18(22)13-31-37)19-14-32-38-5-4-30-26(25(19)38)33-24-9-21(35-36-24)17-7-20(29)23(8-17)40-27(39)34-28-10-15(11-28)12-28/h2-6,9,13-15,17,20,23H,7-8,10-12H2,1H3,(H,34,39)(H2,30,33,35,36)/t15?,17-,20+,23-,28?/m0/s1. The Bertz CT molecular complexity index is 1760. The zero-order valence-electron chi connectivity index (χ0n) is 21.8. The van der Waals surface area contributed by atoms with Crippen LogP contribution in [0.5, 0.6) is 0 Å². The number of anilines is 2. The summed E-state index contributed by atoms with van der Waals surface area (Å²) < 4.78 is 24.0. The Kier molecular flexibility index (Phi) is 4.98. The van der Waals surface area contributed by atoms with Crippen LogP contribution in [0.4, 0.5) is 20.8 Å². The molecule has 0 radical (unpaired) electrons. The highest BCUT2D eigenvalue weighted by Crippen LogP contribution is 2.57. The van der Waals surface area contributed by atoms with Crippen LogP contribution in [-0.2, 0) is 11.8 Å². The predicted octanol–water partition coefficient (Wildman–Crippen LogP) is 4.61. The van der Waals surface area contributed by atoms with Crippen molar-refractivity contribution in [2.75, 3.05) is 5.32 Å². The second-order valence-corrected chi connectivity index (χ2v) is 11.5. The van der Waals surface area contributed by atoms with Crippen LogP contribution in [0.2, 0.25) is 0 Å². The van der Waals surface area contributed by atoms with E-state index in [0.29, 0.717) is 18.1 Å². The number of fused-ring (bicyclic) bond motifs is 2. The number of aromatic nitrogens is 7. The van der Waals surface area contributed by atoms with Gasteiger partial charge in [0.1, 0.15) is 17.8 Å². The highest BCUT2D eigenvalue weighted by molar-refractivity contribution is 5.93. The first-order valence-corrected chi connectivity index (χ1v) is 13.6. The van der Waals surface area contributed by atoms with Gasteiger partial charge in [0.05, 0.1) is 17.9 Å². The van der Waals surface area contributed by atoms with Crippen LogP contribution < -0.4 is 10.6 Å². The second-order valence-electron chi connectivity index (χ2n) is 11.5. The smallest absolute Gasteiger partial charge is 0.407 e. The van der Waals surface area contributed by atoms with Gasteiger partial charge in [0.15, 0.2) is 11.6 Å². The molecule has 4 fully saturated rings. The zero-order valence-corrected chi connectivity index (χ0v) is 21.8. The van der Waals surface area contributed by atoms with E-state index in [4.69, 9.17) is 4.74 Å². The maximum absolute atomic E-state index is 14.8. The first-order chi connectivity index (χ1) is 19.4. The number of carbonyl (C=O) groups is 1. The zero-order chi connectivity index (χ0) is 27.0. The minimum Gasteiger partial charge on any atom is -0.443 e. The molecular weight excluding hydrogens is 513 g/mol. The SMILES string of the molecule is Cn1ncc2cc(-c3cnn4ccnc(Nc5cc([C@H]6C[C@@H](F)[C@@H](OC(=O)NC78CC(C7)C8)C6)[nH]n5)c34)ccc21. The van der Waals surface area contributed by atoms with Crippen molar-refractivity contribution in [2.45, 2.75) is 55.8 Å². The highest BCUT2D eigenvalue weighted by Gasteiger charge is 2.58. The van der Waals surface area contributed by atoms with Gasteiger partial charge in [-0.25, -0.2) is 18.7 Å². The summed E-state index contributed by atoms with van der Waals surface area (Å²) in [6.07, 6.45) is 8.37. The Labute approximate surface area is 228 Å². The van der Waals surface area contributed by atoms with Gasteiger partial charge in [-0.15, -0.1) is 0 Å². The number of hydrogen-bond acceptors (Lipinski definition) is 7. The van der Waals surface area contributed by atoms with Crippen LogP contribution in [0.1, 0.15) is 43.7 Å². The number of benzene rings is 1. The number of hydrogen-bond donors (Lipinski definition) is 3. The number of H-pyrrole nitrogens is 1. The molecule has 3 N–H and O–H groups in total. The van der Waals surface area contributed by atoms with Crippen molar-refractivity contribution in [3.8, 4) is 11.1 Å². The number of ether oxygens (including phenoxy) is 1. The fraction of sp³-hybridized carbons (Fsp3) is 0.393. The van der Waals surface area contributed by atoms with E-state index in [2.05, 4.69) is 42.1 Å². The minimum absolute atomic E-state index is 0.0900. The summed E-state index contributed by atoms with van der Waals surface area (Å²) in [6.45, 7) is 0. The summed E-state index contributed by atoms with van der Waals surface area (Å²) in [6, 6.07) is 8.04. The molecule has 4 aliphatic rings. The van der Waals surface area contributed by atoms with Crippen LogP contribution >= 0.6 is 0 Å². The van der Waals surface area contributed by atoms with Crippen LogP contribution in [-0.4, -0.2) is 58.5 Å². The Morgan fingerprint density at radius 2 is 2.05 bits per heavy atom. The van der Waals surface area contributed by atoms with Gasteiger partial charge in [-0.3, -0.25) is 9.78 Å². The van der Waals surface area contributed by atoms with Crippen molar-refractivity contribution >= 4 is 34.1 Å². The summed E-state index contributed by atoms with van der Waals surface area (Å²) in [4.78, 5) is 16.9. The van der Waals surface area contributed by atoms with Crippen molar-refractivity contribution < 1.29 is 13.9 Å². The van der Waals surface area contributed by atoms with E-state index in [9.17, 15) is 9.18 Å². The molecule has 0 aliphatic heterocycles. The van der Waals surface area contributed by atoms with E-state index < -0.39 is 18.4 Å². The van der Waals surface area contributed by atoms with Gasteiger partial charge in [0.25, 0.3) is 0 Å². The molecule has 1 amide bonds. The van der Waals surface area contributed by atoms with Crippen molar-refractivity contribution in [3.05, 3.63) is 54.7 Å². The molecule has 0 spiro atoms. The predicted molar refractivity (Wildman–Crippen MR) is 145 cm³/mol. The lowest BCUT2D eigenvalue weighted by Gasteiger charge is -2.61. The molecule has 2 bridgehead atoms. The molecule has 3 atom stereocenters. The summed E-state index contributed by atoms with van der Waals surface area (Å²) in [5.74, 6) is 1.77. The maximum atomic E-state index is 14.8. The molecule has 4 saturated carbocycles. The summed E-state index contributed by atoms with van der Waals surface area (Å²) in [5.41, 5.74) is 4.48. The summed E-state index contributed by atoms with van der Waals surface area (Å²) in [7, 11) is 1.92. The quantitative estimate of drug-likeness (QED) is 0.286. The average Bonchev–Trinajstić information content (AvgIpc) is 3.68. The number of alkyl carbamates (subject to hydrolysis) is 1. The first kappa shape index (κ1) is 23.4. The number of nitrogens with one attached hydrogen (secondary N) is 3. The third-order valence-corrected chi connectivity index (χ3v) is 8.87. The van der Waals surface area contributed by atoms with Gasteiger partial charge in [0.2, 0.25) is 0 Å². The fourth-order valence-electron chi connectivity index (χ4n) is 6.65. The van der Waals surface area contributed by atoms with E-state index in [1.807, 2.05) is 42.3 Å². The number of alkyl halides is 1. The Balaban J connectivity index is 0.998. The van der Waals surface area contributed by atoms with E-state index in [1.54, 1.807) is 16.9 Å². The third kappa shape index (κ3) is 3.73. The van der Waals surface area contributed by atoms with Crippen molar-refractivity contribution in [2.24, 2.45) is 13.0 Å². The van der Waals surface area contributed by atoms with Crippen molar-refractivity contribution in [1.29, 1.82) is 0 Å². The Morgan fingerprint density at radius 1 is 1.18 bits per heavy atom. The molecule has 4 aromatic heterocycles. The second kappa shape index (κ2) is 8.51. The number of nitrogens with zero attached hydrogens (tertiary/aromatic N) is 6. The normalized spacial score (nSPS) is 26.9. The molecule has 0 saturated heterocycles. The average molecular weight is 542 g/mol. The number of amides is 1. The number of aromatic amines is 1. The largest absolute Gasteiger partial charge is 0.443 e. The molecule has 1 aromatic carbocycles. The number of aryl methyl sites for hydroxylation is 1. The molecule has 4 heterocycles. The van der Waals surface area contributed by atoms with Crippen LogP contribution in [0, 0.1) is 5.92 Å². The summed E-state index contributed by atoms with van der Waals surface area (Å²) in [5, 5.41) is 23.6. The van der Waals surface area contributed by atoms with Gasteiger partial charge in [-0.2, -0.15) is 15.3 Å². The lowest BCUT2D eigenvalue weighted by molar-refractivity contribution is -0.0530. The fourth-order valence-corrected chi connectivity index (χ4v) is 6.65. The van der Waals surface area contributed by atoms with Gasteiger partial charge < -0.3 is 15.4 Å². The first-order valence-electron chi connectivity index (χ1n) is 13.6. The van der Waals surface area contributed by atoms with Crippen molar-refractivity contribution in [3.63, 3.8) is 0 Å². The molecule has 0 unspecified atom stereocenters. The monoisotopic (exact) mass is 541 g/mol. The molecular formula is C28H28FN9O2. The lowest BCUT2D eigenvalue weighted by atomic mass is 9.50. The van der Waals surface area contributed by atoms with Gasteiger partial charge in [-0.05, 0) is 55.7 Å². The van der Waals surface area contributed by atoms with E-state index in [1.165, 1.54) is 0 Å². The molecule has 12 heteroatoms.